The Hall–Kier alpha value is -3.61. The minimum atomic E-state index is -0.582. The van der Waals surface area contributed by atoms with Gasteiger partial charge in [-0.15, -0.1) is 0 Å². The average molecular weight is 403 g/mol. The fourth-order valence-corrected chi connectivity index (χ4v) is 3.48. The predicted octanol–water partition coefficient (Wildman–Crippen LogP) is 4.72. The Morgan fingerprint density at radius 2 is 1.83 bits per heavy atom. The van der Waals surface area contributed by atoms with Crippen LogP contribution in [-0.2, 0) is 0 Å². The summed E-state index contributed by atoms with van der Waals surface area (Å²) >= 11 is 0. The number of anilines is 2. The van der Waals surface area contributed by atoms with Crippen LogP contribution in [0.3, 0.4) is 0 Å². The van der Waals surface area contributed by atoms with E-state index < -0.39 is 6.03 Å². The molecular weight excluding hydrogens is 376 g/mol. The van der Waals surface area contributed by atoms with E-state index in [0.717, 1.165) is 40.3 Å². The largest absolute Gasteiger partial charge is 0.367 e. The zero-order chi connectivity index (χ0) is 21.4. The van der Waals surface area contributed by atoms with Gasteiger partial charge in [-0.3, -0.25) is 4.40 Å². The third kappa shape index (κ3) is 3.66. The second-order valence-corrected chi connectivity index (χ2v) is 8.03. The van der Waals surface area contributed by atoms with Crippen molar-refractivity contribution >= 4 is 34.2 Å². The van der Waals surface area contributed by atoms with Crippen LogP contribution in [-0.4, -0.2) is 26.9 Å². The third-order valence-corrected chi connectivity index (χ3v) is 5.16. The van der Waals surface area contributed by atoms with Gasteiger partial charge in [-0.05, 0) is 55.2 Å². The van der Waals surface area contributed by atoms with Gasteiger partial charge in [0.05, 0.1) is 22.9 Å². The fourth-order valence-electron chi connectivity index (χ4n) is 3.48. The van der Waals surface area contributed by atoms with Crippen molar-refractivity contribution in [2.45, 2.75) is 27.7 Å². The summed E-state index contributed by atoms with van der Waals surface area (Å²) in [4.78, 5) is 20.7. The van der Waals surface area contributed by atoms with Crippen LogP contribution in [0, 0.1) is 19.8 Å². The SMILES string of the molecule is Cc1cc2nc(NCC(C)C)c3ncc(-c4ccc(NC(N)=O)cc4)n3c2cc1C. The number of rotatable bonds is 5. The minimum absolute atomic E-state index is 0.488. The van der Waals surface area contributed by atoms with E-state index in [9.17, 15) is 4.79 Å². The van der Waals surface area contributed by atoms with E-state index >= 15 is 0 Å². The van der Waals surface area contributed by atoms with Gasteiger partial charge in [-0.2, -0.15) is 0 Å². The molecule has 0 fully saturated rings. The van der Waals surface area contributed by atoms with Crippen molar-refractivity contribution in [3.63, 3.8) is 0 Å². The molecule has 0 aliphatic heterocycles. The molecular formula is C23H26N6O. The van der Waals surface area contributed by atoms with Gasteiger partial charge in [0.25, 0.3) is 0 Å². The van der Waals surface area contributed by atoms with E-state index in [1.807, 2.05) is 30.5 Å². The van der Waals surface area contributed by atoms with Crippen LogP contribution in [0.15, 0.2) is 42.6 Å². The van der Waals surface area contributed by atoms with Gasteiger partial charge in [0.15, 0.2) is 11.5 Å². The van der Waals surface area contributed by atoms with E-state index in [1.165, 1.54) is 11.1 Å². The topological polar surface area (TPSA) is 97.3 Å². The Balaban J connectivity index is 1.92. The maximum Gasteiger partial charge on any atom is 0.316 e. The first-order valence-corrected chi connectivity index (χ1v) is 10.0. The second-order valence-electron chi connectivity index (χ2n) is 8.03. The van der Waals surface area contributed by atoms with Gasteiger partial charge >= 0.3 is 6.03 Å². The van der Waals surface area contributed by atoms with Crippen molar-refractivity contribution in [3.05, 3.63) is 53.7 Å². The molecule has 154 valence electrons. The molecule has 2 heterocycles. The number of amides is 2. The van der Waals surface area contributed by atoms with E-state index in [1.54, 1.807) is 0 Å². The molecule has 2 aromatic carbocycles. The summed E-state index contributed by atoms with van der Waals surface area (Å²) in [7, 11) is 0. The highest BCUT2D eigenvalue weighted by atomic mass is 16.2. The van der Waals surface area contributed by atoms with Crippen LogP contribution in [0.2, 0.25) is 0 Å². The Kier molecular flexibility index (Phi) is 5.03. The number of aryl methyl sites for hydroxylation is 2. The Labute approximate surface area is 175 Å². The number of nitrogens with zero attached hydrogens (tertiary/aromatic N) is 3. The standard InChI is InChI=1S/C23H26N6O/c1-13(2)11-25-21-22-26-12-20(16-5-7-17(8-6-16)27-23(24)30)29(22)19-10-15(4)14(3)9-18(19)28-21/h5-10,12-13H,11H2,1-4H3,(H,25,28)(H3,24,27,30). The molecule has 0 unspecified atom stereocenters. The third-order valence-electron chi connectivity index (χ3n) is 5.16. The fraction of sp³-hybridized carbons (Fsp3) is 0.261. The number of benzene rings is 2. The summed E-state index contributed by atoms with van der Waals surface area (Å²) in [6.45, 7) is 9.34. The molecule has 0 radical (unpaired) electrons. The normalized spacial score (nSPS) is 11.4. The zero-order valence-electron chi connectivity index (χ0n) is 17.7. The molecule has 0 spiro atoms. The summed E-state index contributed by atoms with van der Waals surface area (Å²) in [5.74, 6) is 1.26. The van der Waals surface area contributed by atoms with Crippen molar-refractivity contribution in [3.8, 4) is 11.3 Å². The van der Waals surface area contributed by atoms with E-state index in [0.29, 0.717) is 11.6 Å². The lowest BCUT2D eigenvalue weighted by atomic mass is 10.1. The highest BCUT2D eigenvalue weighted by molar-refractivity contribution is 5.89. The number of nitrogens with one attached hydrogen (secondary N) is 2. The van der Waals surface area contributed by atoms with Gasteiger partial charge in [0, 0.05) is 17.8 Å². The van der Waals surface area contributed by atoms with Crippen LogP contribution < -0.4 is 16.4 Å². The number of carbonyl (C=O) groups is 1. The summed E-state index contributed by atoms with van der Waals surface area (Å²) in [6.07, 6.45) is 1.86. The van der Waals surface area contributed by atoms with Crippen LogP contribution >= 0.6 is 0 Å². The number of carbonyl (C=O) groups excluding carboxylic acids is 1. The molecule has 2 aromatic heterocycles. The number of primary amides is 1. The predicted molar refractivity (Wildman–Crippen MR) is 122 cm³/mol. The first-order chi connectivity index (χ1) is 14.3. The lowest BCUT2D eigenvalue weighted by Gasteiger charge is -2.14. The lowest BCUT2D eigenvalue weighted by Crippen LogP contribution is -2.19. The number of nitrogens with two attached hydrogens (primary N) is 1. The first-order valence-electron chi connectivity index (χ1n) is 10.0. The molecule has 0 aliphatic rings. The van der Waals surface area contributed by atoms with Crippen molar-refractivity contribution in [2.24, 2.45) is 11.7 Å². The number of hydrogen-bond acceptors (Lipinski definition) is 4. The molecule has 0 saturated heterocycles. The van der Waals surface area contributed by atoms with E-state index in [4.69, 9.17) is 15.7 Å². The quantitative estimate of drug-likeness (QED) is 0.450. The molecule has 4 aromatic rings. The Bertz CT molecular complexity index is 1240. The van der Waals surface area contributed by atoms with Gasteiger partial charge in [-0.1, -0.05) is 26.0 Å². The maximum atomic E-state index is 11.1. The molecule has 4 rings (SSSR count). The summed E-state index contributed by atoms with van der Waals surface area (Å²) in [5.41, 5.74) is 12.9. The van der Waals surface area contributed by atoms with E-state index in [2.05, 4.69) is 54.9 Å². The maximum absolute atomic E-state index is 11.1. The monoisotopic (exact) mass is 402 g/mol. The highest BCUT2D eigenvalue weighted by Gasteiger charge is 2.16. The zero-order valence-corrected chi connectivity index (χ0v) is 17.7. The Morgan fingerprint density at radius 3 is 2.50 bits per heavy atom. The van der Waals surface area contributed by atoms with Crippen molar-refractivity contribution in [1.29, 1.82) is 0 Å². The average Bonchev–Trinajstić information content (AvgIpc) is 3.13. The molecule has 7 heteroatoms. The molecule has 30 heavy (non-hydrogen) atoms. The van der Waals surface area contributed by atoms with E-state index in [-0.39, 0.29) is 0 Å². The van der Waals surface area contributed by atoms with Crippen molar-refractivity contribution in [2.75, 3.05) is 17.2 Å². The highest BCUT2D eigenvalue weighted by Crippen LogP contribution is 2.30. The van der Waals surface area contributed by atoms with Crippen LogP contribution in [0.4, 0.5) is 16.3 Å². The van der Waals surface area contributed by atoms with Crippen molar-refractivity contribution in [1.82, 2.24) is 14.4 Å². The number of urea groups is 1. The molecule has 0 bridgehead atoms. The smallest absolute Gasteiger partial charge is 0.316 e. The van der Waals surface area contributed by atoms with Crippen LogP contribution in [0.25, 0.3) is 27.9 Å². The van der Waals surface area contributed by atoms with Crippen LogP contribution in [0.5, 0.6) is 0 Å². The van der Waals surface area contributed by atoms with Crippen LogP contribution in [0.1, 0.15) is 25.0 Å². The van der Waals surface area contributed by atoms with Gasteiger partial charge < -0.3 is 16.4 Å². The summed E-state index contributed by atoms with van der Waals surface area (Å²) < 4.78 is 2.15. The number of fused-ring (bicyclic) bond motifs is 3. The van der Waals surface area contributed by atoms with Gasteiger partial charge in [0.1, 0.15) is 0 Å². The van der Waals surface area contributed by atoms with Gasteiger partial charge in [-0.25, -0.2) is 14.8 Å². The molecule has 4 N–H and O–H groups in total. The van der Waals surface area contributed by atoms with Gasteiger partial charge in [0.2, 0.25) is 0 Å². The first kappa shape index (κ1) is 19.7. The number of aromatic nitrogens is 3. The molecule has 7 nitrogen and oxygen atoms in total. The minimum Gasteiger partial charge on any atom is -0.367 e. The summed E-state index contributed by atoms with van der Waals surface area (Å²) in [6, 6.07) is 11.2. The summed E-state index contributed by atoms with van der Waals surface area (Å²) in [5, 5.41) is 6.04. The number of hydrogen-bond donors (Lipinski definition) is 3. The number of imidazole rings is 1. The molecule has 0 atom stereocenters. The van der Waals surface area contributed by atoms with Crippen molar-refractivity contribution < 1.29 is 4.79 Å². The Morgan fingerprint density at radius 1 is 1.13 bits per heavy atom. The molecule has 2 amide bonds. The molecule has 0 aliphatic carbocycles. The second kappa shape index (κ2) is 7.67. The molecule has 0 saturated carbocycles. The lowest BCUT2D eigenvalue weighted by molar-refractivity contribution is 0.259.